The van der Waals surface area contributed by atoms with E-state index in [1.807, 2.05) is 32.9 Å². The molecule has 4 heteroatoms. The van der Waals surface area contributed by atoms with E-state index in [1.165, 1.54) is 0 Å². The molecule has 0 radical (unpaired) electrons. The number of halogens is 2. The summed E-state index contributed by atoms with van der Waals surface area (Å²) in [5.74, 6) is 0.340. The number of hydrogen-bond donors (Lipinski definition) is 0. The van der Waals surface area contributed by atoms with Gasteiger partial charge in [0.2, 0.25) is 0 Å². The van der Waals surface area contributed by atoms with Gasteiger partial charge in [-0.3, -0.25) is 4.79 Å². The van der Waals surface area contributed by atoms with Gasteiger partial charge in [0, 0.05) is 14.5 Å². The number of hydrogen-bond acceptors (Lipinski definition) is 2. The monoisotopic (exact) mass is 388 g/mol. The second-order valence-electron chi connectivity index (χ2n) is 5.38. The van der Waals surface area contributed by atoms with Gasteiger partial charge in [0.15, 0.2) is 5.78 Å². The molecule has 1 saturated heterocycles. The Hall–Kier alpha value is -0.190. The molecule has 1 aliphatic heterocycles. The van der Waals surface area contributed by atoms with Crippen molar-refractivity contribution < 1.29 is 9.53 Å². The molecule has 0 spiro atoms. The van der Waals surface area contributed by atoms with Gasteiger partial charge in [0.25, 0.3) is 0 Å². The fourth-order valence-electron chi connectivity index (χ4n) is 2.73. The largest absolute Gasteiger partial charge is 0.374 e. The summed E-state index contributed by atoms with van der Waals surface area (Å²) in [7, 11) is 0. The summed E-state index contributed by atoms with van der Waals surface area (Å²) in [5.41, 5.74) is 1.85. The number of Topliss-reactive ketones (excluding diaryl/α,β-unsaturated/α-hetero) is 1. The third kappa shape index (κ3) is 2.81. The summed E-state index contributed by atoms with van der Waals surface area (Å²) in [5, 5.41) is 0. The van der Waals surface area contributed by atoms with Crippen LogP contribution in [-0.2, 0) is 4.74 Å². The van der Waals surface area contributed by atoms with Crippen LogP contribution >= 0.6 is 31.9 Å². The summed E-state index contributed by atoms with van der Waals surface area (Å²) in [6.45, 7) is 8.12. The summed E-state index contributed by atoms with van der Waals surface area (Å²) >= 11 is 7.00. The highest BCUT2D eigenvalue weighted by Gasteiger charge is 2.42. The van der Waals surface area contributed by atoms with Crippen LogP contribution in [-0.4, -0.2) is 18.0 Å². The van der Waals surface area contributed by atoms with Crippen molar-refractivity contribution in [3.05, 3.63) is 32.2 Å². The van der Waals surface area contributed by atoms with E-state index in [1.54, 1.807) is 0 Å². The van der Waals surface area contributed by atoms with E-state index in [9.17, 15) is 4.79 Å². The van der Waals surface area contributed by atoms with Gasteiger partial charge in [0.05, 0.1) is 18.1 Å². The number of rotatable bonds is 2. The quantitative estimate of drug-likeness (QED) is 0.681. The maximum atomic E-state index is 12.8. The van der Waals surface area contributed by atoms with Crippen LogP contribution in [0.1, 0.15) is 36.7 Å². The highest BCUT2D eigenvalue weighted by atomic mass is 79.9. The molecule has 19 heavy (non-hydrogen) atoms. The molecule has 4 unspecified atom stereocenters. The molecule has 0 aromatic heterocycles. The Morgan fingerprint density at radius 2 is 1.74 bits per heavy atom. The molecule has 1 heterocycles. The number of aryl methyl sites for hydroxylation is 1. The van der Waals surface area contributed by atoms with E-state index < -0.39 is 0 Å². The predicted molar refractivity (Wildman–Crippen MR) is 83.6 cm³/mol. The van der Waals surface area contributed by atoms with Crippen LogP contribution in [0, 0.1) is 18.8 Å². The Morgan fingerprint density at radius 3 is 2.26 bits per heavy atom. The molecule has 0 N–H and O–H groups in total. The Morgan fingerprint density at radius 1 is 1.11 bits per heavy atom. The fraction of sp³-hybridized carbons (Fsp3) is 0.533. The van der Waals surface area contributed by atoms with Gasteiger partial charge >= 0.3 is 0 Å². The summed E-state index contributed by atoms with van der Waals surface area (Å²) in [6, 6.07) is 3.88. The molecular formula is C15H18Br2O2. The zero-order chi connectivity index (χ0) is 14.3. The van der Waals surface area contributed by atoms with Crippen LogP contribution < -0.4 is 0 Å². The molecule has 0 amide bonds. The van der Waals surface area contributed by atoms with Crippen molar-refractivity contribution in [3.8, 4) is 0 Å². The molecule has 1 aromatic carbocycles. The molecule has 4 atom stereocenters. The third-order valence-electron chi connectivity index (χ3n) is 4.06. The topological polar surface area (TPSA) is 26.3 Å². The Kier molecular flexibility index (Phi) is 4.53. The Balaban J connectivity index is 2.37. The molecule has 1 aliphatic rings. The zero-order valence-corrected chi connectivity index (χ0v) is 14.7. The predicted octanol–water partition coefficient (Wildman–Crippen LogP) is 4.76. The second kappa shape index (κ2) is 5.66. The highest BCUT2D eigenvalue weighted by molar-refractivity contribution is 9.11. The van der Waals surface area contributed by atoms with Crippen LogP contribution in [0.2, 0.25) is 0 Å². The minimum Gasteiger partial charge on any atom is -0.374 e. The average molecular weight is 390 g/mol. The van der Waals surface area contributed by atoms with Crippen molar-refractivity contribution in [1.82, 2.24) is 0 Å². The molecule has 2 nitrogen and oxygen atoms in total. The standard InChI is InChI=1S/C15H18Br2O2/c1-7-5-13(17)11(6-12(7)16)15(18)14-8(2)9(3)19-10(14)4/h5-6,8-10,14H,1-4H3. The Labute approximate surface area is 131 Å². The first-order valence-corrected chi connectivity index (χ1v) is 8.06. The number of ether oxygens (including phenoxy) is 1. The van der Waals surface area contributed by atoms with Crippen molar-refractivity contribution in [2.45, 2.75) is 39.9 Å². The van der Waals surface area contributed by atoms with E-state index in [0.29, 0.717) is 0 Å². The normalized spacial score (nSPS) is 30.6. The molecule has 0 saturated carbocycles. The summed E-state index contributed by atoms with van der Waals surface area (Å²) < 4.78 is 7.60. The minimum absolute atomic E-state index is 0.0236. The average Bonchev–Trinajstić information content (AvgIpc) is 2.57. The van der Waals surface area contributed by atoms with Crippen molar-refractivity contribution >= 4 is 37.6 Å². The second-order valence-corrected chi connectivity index (χ2v) is 7.09. The molecule has 2 rings (SSSR count). The maximum Gasteiger partial charge on any atom is 0.170 e. The van der Waals surface area contributed by atoms with Crippen LogP contribution in [0.25, 0.3) is 0 Å². The van der Waals surface area contributed by atoms with Gasteiger partial charge in [-0.1, -0.05) is 38.8 Å². The minimum atomic E-state index is -0.0686. The van der Waals surface area contributed by atoms with Crippen LogP contribution in [0.15, 0.2) is 21.1 Å². The molecular weight excluding hydrogens is 372 g/mol. The molecule has 0 aliphatic carbocycles. The lowest BCUT2D eigenvalue weighted by Gasteiger charge is -2.18. The van der Waals surface area contributed by atoms with Gasteiger partial charge in [-0.25, -0.2) is 0 Å². The van der Waals surface area contributed by atoms with Gasteiger partial charge in [0.1, 0.15) is 0 Å². The van der Waals surface area contributed by atoms with Crippen molar-refractivity contribution in [2.24, 2.45) is 11.8 Å². The maximum absolute atomic E-state index is 12.8. The van der Waals surface area contributed by atoms with Crippen molar-refractivity contribution in [2.75, 3.05) is 0 Å². The van der Waals surface area contributed by atoms with E-state index in [4.69, 9.17) is 4.74 Å². The highest BCUT2D eigenvalue weighted by Crippen LogP contribution is 2.37. The van der Waals surface area contributed by atoms with Crippen molar-refractivity contribution in [1.29, 1.82) is 0 Å². The zero-order valence-electron chi connectivity index (χ0n) is 11.5. The lowest BCUT2D eigenvalue weighted by atomic mass is 9.83. The van der Waals surface area contributed by atoms with Crippen LogP contribution in [0.5, 0.6) is 0 Å². The number of ketones is 1. The van der Waals surface area contributed by atoms with E-state index in [0.717, 1.165) is 20.1 Å². The number of carbonyl (C=O) groups is 1. The lowest BCUT2D eigenvalue weighted by Crippen LogP contribution is -2.27. The molecule has 104 valence electrons. The summed E-state index contributed by atoms with van der Waals surface area (Å²) in [4.78, 5) is 12.8. The van der Waals surface area contributed by atoms with Gasteiger partial charge in [-0.2, -0.15) is 0 Å². The molecule has 0 bridgehead atoms. The van der Waals surface area contributed by atoms with Crippen molar-refractivity contribution in [3.63, 3.8) is 0 Å². The number of benzene rings is 1. The smallest absolute Gasteiger partial charge is 0.170 e. The fourth-order valence-corrected chi connectivity index (χ4v) is 3.73. The van der Waals surface area contributed by atoms with E-state index >= 15 is 0 Å². The SMILES string of the molecule is Cc1cc(Br)c(C(=O)C2C(C)OC(C)C2C)cc1Br. The molecule has 1 aromatic rings. The first-order chi connectivity index (χ1) is 8.82. The lowest BCUT2D eigenvalue weighted by molar-refractivity contribution is 0.0491. The molecule has 1 fully saturated rings. The first-order valence-electron chi connectivity index (χ1n) is 6.48. The van der Waals surface area contributed by atoms with Gasteiger partial charge in [-0.05, 0) is 44.4 Å². The summed E-state index contributed by atoms with van der Waals surface area (Å²) in [6.07, 6.45) is 0.112. The first kappa shape index (κ1) is 15.2. The van der Waals surface area contributed by atoms with Gasteiger partial charge < -0.3 is 4.74 Å². The van der Waals surface area contributed by atoms with Crippen LogP contribution in [0.4, 0.5) is 0 Å². The van der Waals surface area contributed by atoms with Gasteiger partial charge in [-0.15, -0.1) is 0 Å². The van der Waals surface area contributed by atoms with E-state index in [-0.39, 0.29) is 29.8 Å². The van der Waals surface area contributed by atoms with E-state index in [2.05, 4.69) is 38.8 Å². The van der Waals surface area contributed by atoms with Crippen LogP contribution in [0.3, 0.4) is 0 Å². The number of carbonyl (C=O) groups excluding carboxylic acids is 1. The Bertz CT molecular complexity index is 513. The third-order valence-corrected chi connectivity index (χ3v) is 5.57.